The van der Waals surface area contributed by atoms with E-state index in [0.717, 1.165) is 17.0 Å². The van der Waals surface area contributed by atoms with Gasteiger partial charge in [-0.05, 0) is 18.2 Å². The van der Waals surface area contributed by atoms with E-state index in [-0.39, 0.29) is 30.3 Å². The van der Waals surface area contributed by atoms with Gasteiger partial charge in [0.25, 0.3) is 0 Å². The summed E-state index contributed by atoms with van der Waals surface area (Å²) in [6.45, 7) is 3.18. The summed E-state index contributed by atoms with van der Waals surface area (Å²) in [6.07, 6.45) is 1.31. The first-order valence-corrected chi connectivity index (χ1v) is 10.8. The van der Waals surface area contributed by atoms with Gasteiger partial charge in [-0.25, -0.2) is 14.8 Å². The number of nitrogens with one attached hydrogen (secondary N) is 2. The summed E-state index contributed by atoms with van der Waals surface area (Å²) in [4.78, 5) is 23.3. The third kappa shape index (κ3) is 4.21. The smallest absolute Gasteiger partial charge is 0.317 e. The van der Waals surface area contributed by atoms with Crippen LogP contribution in [0.25, 0.3) is 11.3 Å². The fraction of sp³-hybridized carbons (Fsp3) is 0.500. The Bertz CT molecular complexity index is 954. The molecule has 4 atom stereocenters. The van der Waals surface area contributed by atoms with Crippen molar-refractivity contribution in [1.82, 2.24) is 20.2 Å². The first kappa shape index (κ1) is 20.9. The summed E-state index contributed by atoms with van der Waals surface area (Å²) in [5.41, 5.74) is 1.66. The fourth-order valence-electron chi connectivity index (χ4n) is 4.36. The standard InChI is InChI=1S/C22H27N5O5/c1-29-18-5-3-2-4-14(18)15-6-7-23-21(24-15)25-16-12-31-20-17(13-32-19(16)20)26-22(28)27-8-10-30-11-9-27/h2-7,16-17,19-20H,8-13H2,1H3,(H,26,28)(H,23,24,25)/t16-,17+,19-,20+/m1/s1. The lowest BCUT2D eigenvalue weighted by atomic mass is 10.1. The molecule has 2 aromatic rings. The molecule has 0 saturated carbocycles. The number of nitrogens with zero attached hydrogens (tertiary/aromatic N) is 3. The monoisotopic (exact) mass is 441 g/mol. The molecule has 5 rings (SSSR count). The van der Waals surface area contributed by atoms with Crippen LogP contribution in [0.3, 0.4) is 0 Å². The molecule has 32 heavy (non-hydrogen) atoms. The topological polar surface area (TPSA) is 107 Å². The molecule has 0 radical (unpaired) electrons. The Morgan fingerprint density at radius 3 is 2.66 bits per heavy atom. The number of morpholine rings is 1. The van der Waals surface area contributed by atoms with Crippen molar-refractivity contribution < 1.29 is 23.7 Å². The third-order valence-corrected chi connectivity index (χ3v) is 6.01. The van der Waals surface area contributed by atoms with E-state index >= 15 is 0 Å². The van der Waals surface area contributed by atoms with Crippen LogP contribution in [0.15, 0.2) is 36.5 Å². The molecule has 10 heteroatoms. The molecule has 0 bridgehead atoms. The maximum absolute atomic E-state index is 12.5. The lowest BCUT2D eigenvalue weighted by molar-refractivity contribution is 0.0485. The van der Waals surface area contributed by atoms with Crippen LogP contribution in [0.2, 0.25) is 0 Å². The first-order valence-electron chi connectivity index (χ1n) is 10.8. The lowest BCUT2D eigenvalue weighted by Gasteiger charge is -2.29. The van der Waals surface area contributed by atoms with Crippen LogP contribution < -0.4 is 15.4 Å². The molecule has 1 aromatic carbocycles. The molecule has 170 valence electrons. The van der Waals surface area contributed by atoms with Gasteiger partial charge in [0.2, 0.25) is 5.95 Å². The number of benzene rings is 1. The largest absolute Gasteiger partial charge is 0.496 e. The quantitative estimate of drug-likeness (QED) is 0.712. The van der Waals surface area contributed by atoms with Crippen molar-refractivity contribution in [2.45, 2.75) is 24.3 Å². The number of ether oxygens (including phenoxy) is 4. The van der Waals surface area contributed by atoms with Crippen molar-refractivity contribution in [2.75, 3.05) is 51.9 Å². The zero-order valence-corrected chi connectivity index (χ0v) is 17.9. The van der Waals surface area contributed by atoms with Crippen LogP contribution in [-0.4, -0.2) is 91.8 Å². The highest BCUT2D eigenvalue weighted by molar-refractivity contribution is 5.74. The Morgan fingerprint density at radius 2 is 1.84 bits per heavy atom. The van der Waals surface area contributed by atoms with Crippen LogP contribution in [0.1, 0.15) is 0 Å². The first-order chi connectivity index (χ1) is 15.7. The highest BCUT2D eigenvalue weighted by atomic mass is 16.6. The second kappa shape index (κ2) is 9.27. The van der Waals surface area contributed by atoms with Gasteiger partial charge in [-0.2, -0.15) is 0 Å². The van der Waals surface area contributed by atoms with Gasteiger partial charge in [0.1, 0.15) is 18.0 Å². The zero-order valence-electron chi connectivity index (χ0n) is 17.9. The highest BCUT2D eigenvalue weighted by Gasteiger charge is 2.48. The van der Waals surface area contributed by atoms with Gasteiger partial charge in [-0.1, -0.05) is 12.1 Å². The molecular weight excluding hydrogens is 414 g/mol. The minimum Gasteiger partial charge on any atom is -0.496 e. The number of urea groups is 1. The van der Waals surface area contributed by atoms with Crippen molar-refractivity contribution in [3.63, 3.8) is 0 Å². The normalized spacial score (nSPS) is 27.1. The minimum absolute atomic E-state index is 0.101. The Kier molecular flexibility index (Phi) is 6.06. The van der Waals surface area contributed by atoms with Crippen LogP contribution >= 0.6 is 0 Å². The van der Waals surface area contributed by atoms with Crippen molar-refractivity contribution in [3.05, 3.63) is 36.5 Å². The molecule has 4 heterocycles. The number of fused-ring (bicyclic) bond motifs is 1. The number of carbonyl (C=O) groups is 1. The Hall–Kier alpha value is -2.95. The summed E-state index contributed by atoms with van der Waals surface area (Å²) in [6, 6.07) is 9.17. The fourth-order valence-corrected chi connectivity index (χ4v) is 4.36. The van der Waals surface area contributed by atoms with E-state index in [1.54, 1.807) is 18.2 Å². The third-order valence-electron chi connectivity index (χ3n) is 6.01. The van der Waals surface area contributed by atoms with Crippen molar-refractivity contribution in [3.8, 4) is 17.0 Å². The van der Waals surface area contributed by atoms with Crippen LogP contribution in [-0.2, 0) is 14.2 Å². The Morgan fingerprint density at radius 1 is 1.09 bits per heavy atom. The number of hydrogen-bond acceptors (Lipinski definition) is 8. The minimum atomic E-state index is -0.213. The van der Waals surface area contributed by atoms with E-state index in [1.807, 2.05) is 30.3 Å². The number of methoxy groups -OCH3 is 1. The van der Waals surface area contributed by atoms with Gasteiger partial charge in [0, 0.05) is 24.8 Å². The maximum atomic E-state index is 12.5. The van der Waals surface area contributed by atoms with Gasteiger partial charge in [-0.3, -0.25) is 0 Å². The van der Waals surface area contributed by atoms with E-state index in [4.69, 9.17) is 18.9 Å². The molecule has 2 N–H and O–H groups in total. The number of amides is 2. The van der Waals surface area contributed by atoms with E-state index < -0.39 is 0 Å². The van der Waals surface area contributed by atoms with Crippen molar-refractivity contribution >= 4 is 12.0 Å². The van der Waals surface area contributed by atoms with Crippen LogP contribution in [0.5, 0.6) is 5.75 Å². The number of anilines is 1. The molecule has 0 spiro atoms. The Labute approximate surface area is 186 Å². The molecule has 2 amide bonds. The molecule has 10 nitrogen and oxygen atoms in total. The second-order valence-electron chi connectivity index (χ2n) is 7.97. The van der Waals surface area contributed by atoms with E-state index in [0.29, 0.717) is 45.5 Å². The highest BCUT2D eigenvalue weighted by Crippen LogP contribution is 2.31. The molecule has 3 saturated heterocycles. The average Bonchev–Trinajstić information content (AvgIpc) is 3.43. The molecule has 3 fully saturated rings. The second-order valence-corrected chi connectivity index (χ2v) is 7.97. The SMILES string of the molecule is COc1ccccc1-c1ccnc(N[C@@H]2CO[C@@H]3[C@@H]2OC[C@@H]3NC(=O)N2CCOCC2)n1. The summed E-state index contributed by atoms with van der Waals surface area (Å²) in [5.74, 6) is 1.24. The van der Waals surface area contributed by atoms with Crippen molar-refractivity contribution in [1.29, 1.82) is 0 Å². The molecule has 1 aromatic heterocycles. The summed E-state index contributed by atoms with van der Waals surface area (Å²) < 4.78 is 22.7. The number of para-hydroxylation sites is 1. The number of carbonyl (C=O) groups excluding carboxylic acids is 1. The predicted molar refractivity (Wildman–Crippen MR) is 116 cm³/mol. The van der Waals surface area contributed by atoms with Gasteiger partial charge >= 0.3 is 6.03 Å². The zero-order chi connectivity index (χ0) is 21.9. The Balaban J connectivity index is 1.23. The van der Waals surface area contributed by atoms with Crippen LogP contribution in [0, 0.1) is 0 Å². The summed E-state index contributed by atoms with van der Waals surface area (Å²) in [7, 11) is 1.64. The molecular formula is C22H27N5O5. The van der Waals surface area contributed by atoms with Crippen molar-refractivity contribution in [2.24, 2.45) is 0 Å². The maximum Gasteiger partial charge on any atom is 0.317 e. The molecule has 0 aliphatic carbocycles. The summed E-state index contributed by atoms with van der Waals surface area (Å²) in [5, 5.41) is 6.40. The van der Waals surface area contributed by atoms with Gasteiger partial charge < -0.3 is 34.5 Å². The van der Waals surface area contributed by atoms with Gasteiger partial charge in [-0.15, -0.1) is 0 Å². The number of hydrogen-bond donors (Lipinski definition) is 2. The van der Waals surface area contributed by atoms with Gasteiger partial charge in [0.05, 0.1) is 51.3 Å². The van der Waals surface area contributed by atoms with Crippen LogP contribution in [0.4, 0.5) is 10.7 Å². The van der Waals surface area contributed by atoms with E-state index in [2.05, 4.69) is 20.6 Å². The molecule has 3 aliphatic rings. The van der Waals surface area contributed by atoms with Gasteiger partial charge in [0.15, 0.2) is 0 Å². The summed E-state index contributed by atoms with van der Waals surface area (Å²) >= 11 is 0. The molecule has 3 aliphatic heterocycles. The van der Waals surface area contributed by atoms with E-state index in [9.17, 15) is 4.79 Å². The average molecular weight is 441 g/mol. The number of rotatable bonds is 5. The van der Waals surface area contributed by atoms with E-state index in [1.165, 1.54) is 0 Å². The predicted octanol–water partition coefficient (Wildman–Crippen LogP) is 1.14. The molecule has 0 unspecified atom stereocenters. The lowest BCUT2D eigenvalue weighted by Crippen LogP contribution is -2.52. The number of aromatic nitrogens is 2.